The van der Waals surface area contributed by atoms with Gasteiger partial charge in [-0.3, -0.25) is 9.55 Å². The van der Waals surface area contributed by atoms with Gasteiger partial charge in [0.15, 0.2) is 0 Å². The molecular weight excluding hydrogens is 514 g/mol. The zero-order chi connectivity index (χ0) is 27.9. The number of nitrogens with zero attached hydrogens (tertiary/aromatic N) is 3. The van der Waals surface area contributed by atoms with Crippen LogP contribution >= 0.6 is 0 Å². The number of aromatic nitrogens is 3. The van der Waals surface area contributed by atoms with Crippen LogP contribution < -0.4 is 4.74 Å². The van der Waals surface area contributed by atoms with Crippen molar-refractivity contribution in [2.24, 2.45) is 0 Å². The van der Waals surface area contributed by atoms with Crippen molar-refractivity contribution in [2.75, 3.05) is 0 Å². The fourth-order valence-corrected chi connectivity index (χ4v) is 5.71. The second kappa shape index (κ2) is 10.0. The second-order valence-electron chi connectivity index (χ2n) is 10.3. The van der Waals surface area contributed by atoms with Gasteiger partial charge in [0, 0.05) is 40.2 Å². The predicted molar refractivity (Wildman–Crippen MR) is 171 cm³/mol. The maximum absolute atomic E-state index is 6.45. The first-order valence-electron chi connectivity index (χ1n) is 14.0. The van der Waals surface area contributed by atoms with Crippen molar-refractivity contribution in [3.63, 3.8) is 0 Å². The first-order chi connectivity index (χ1) is 20.8. The molecule has 0 fully saturated rings. The molecule has 3 aromatic heterocycles. The van der Waals surface area contributed by atoms with Crippen LogP contribution in [-0.2, 0) is 0 Å². The zero-order valence-electron chi connectivity index (χ0n) is 22.7. The van der Waals surface area contributed by atoms with Crippen molar-refractivity contribution in [1.82, 2.24) is 14.5 Å². The molecule has 0 atom stereocenters. The van der Waals surface area contributed by atoms with Gasteiger partial charge in [0.2, 0.25) is 0 Å². The number of fused-ring (bicyclic) bond motifs is 4. The Morgan fingerprint density at radius 1 is 0.476 bits per heavy atom. The average molecular weight is 540 g/mol. The smallest absolute Gasteiger partial charge is 0.138 e. The minimum Gasteiger partial charge on any atom is -0.457 e. The summed E-state index contributed by atoms with van der Waals surface area (Å²) in [6.45, 7) is 0. The summed E-state index contributed by atoms with van der Waals surface area (Å²) in [6, 6.07) is 47.8. The highest BCUT2D eigenvalue weighted by atomic mass is 16.5. The van der Waals surface area contributed by atoms with Crippen LogP contribution in [0.15, 0.2) is 152 Å². The lowest BCUT2D eigenvalue weighted by molar-refractivity contribution is 0.483. The first kappa shape index (κ1) is 24.1. The van der Waals surface area contributed by atoms with E-state index in [2.05, 4.69) is 108 Å². The minimum absolute atomic E-state index is 0.758. The van der Waals surface area contributed by atoms with Gasteiger partial charge in [-0.25, -0.2) is 4.98 Å². The molecule has 42 heavy (non-hydrogen) atoms. The molecule has 4 heteroatoms. The Morgan fingerprint density at radius 2 is 1.24 bits per heavy atom. The van der Waals surface area contributed by atoms with Gasteiger partial charge in [0.25, 0.3) is 0 Å². The van der Waals surface area contributed by atoms with E-state index in [1.54, 1.807) is 0 Å². The van der Waals surface area contributed by atoms with E-state index >= 15 is 0 Å². The van der Waals surface area contributed by atoms with Crippen molar-refractivity contribution in [1.29, 1.82) is 0 Å². The predicted octanol–water partition coefficient (Wildman–Crippen LogP) is 9.85. The lowest BCUT2D eigenvalue weighted by Gasteiger charge is -2.11. The maximum Gasteiger partial charge on any atom is 0.138 e. The fourth-order valence-electron chi connectivity index (χ4n) is 5.71. The van der Waals surface area contributed by atoms with Crippen LogP contribution in [0.3, 0.4) is 0 Å². The molecule has 0 aliphatic carbocycles. The summed E-state index contributed by atoms with van der Waals surface area (Å²) in [5.41, 5.74) is 6.35. The van der Waals surface area contributed by atoms with Crippen LogP contribution in [0.1, 0.15) is 0 Å². The molecule has 0 spiro atoms. The van der Waals surface area contributed by atoms with E-state index in [0.717, 1.165) is 66.9 Å². The van der Waals surface area contributed by atoms with E-state index < -0.39 is 0 Å². The fraction of sp³-hybridized carbons (Fsp3) is 0. The lowest BCUT2D eigenvalue weighted by atomic mass is 10.1. The van der Waals surface area contributed by atoms with Gasteiger partial charge in [-0.1, -0.05) is 84.9 Å². The van der Waals surface area contributed by atoms with E-state index in [9.17, 15) is 0 Å². The molecule has 0 N–H and O–H groups in total. The minimum atomic E-state index is 0.758. The number of pyridine rings is 2. The number of hydrogen-bond donors (Lipinski definition) is 0. The van der Waals surface area contributed by atoms with Gasteiger partial charge < -0.3 is 4.74 Å². The zero-order valence-corrected chi connectivity index (χ0v) is 22.7. The lowest BCUT2D eigenvalue weighted by Crippen LogP contribution is -1.97. The standard InChI is InChI=1S/C38H25N3O/c1-2-9-26(10-3-1)28-19-20-39-38(23-28)41-36-16-7-6-15-33(36)34-18-17-32(24-37(34)41)42-31-14-8-13-29(21-31)35-22-27-11-4-5-12-30(27)25-40-35/h1-25H. The first-order valence-corrected chi connectivity index (χ1v) is 14.0. The number of benzene rings is 5. The van der Waals surface area contributed by atoms with Gasteiger partial charge in [-0.2, -0.15) is 0 Å². The third kappa shape index (κ3) is 4.27. The van der Waals surface area contributed by atoms with Crippen LogP contribution in [-0.4, -0.2) is 14.5 Å². The largest absolute Gasteiger partial charge is 0.457 e. The third-order valence-electron chi connectivity index (χ3n) is 7.72. The molecule has 0 unspecified atom stereocenters. The van der Waals surface area contributed by atoms with Crippen molar-refractivity contribution in [2.45, 2.75) is 0 Å². The topological polar surface area (TPSA) is 39.9 Å². The normalized spacial score (nSPS) is 11.3. The molecule has 0 aliphatic rings. The Morgan fingerprint density at radius 3 is 2.17 bits per heavy atom. The molecule has 3 heterocycles. The molecule has 0 aliphatic heterocycles. The van der Waals surface area contributed by atoms with Crippen LogP contribution in [0.4, 0.5) is 0 Å². The van der Waals surface area contributed by atoms with Crippen molar-refractivity contribution < 1.29 is 4.74 Å². The second-order valence-corrected chi connectivity index (χ2v) is 10.3. The van der Waals surface area contributed by atoms with E-state index in [1.165, 1.54) is 5.39 Å². The number of ether oxygens (including phenoxy) is 1. The summed E-state index contributed by atoms with van der Waals surface area (Å²) in [4.78, 5) is 9.50. The van der Waals surface area contributed by atoms with Crippen molar-refractivity contribution in [3.8, 4) is 39.7 Å². The molecule has 8 aromatic rings. The van der Waals surface area contributed by atoms with Gasteiger partial charge in [-0.15, -0.1) is 0 Å². The Labute approximate surface area is 243 Å². The molecular formula is C38H25N3O. The maximum atomic E-state index is 6.45. The summed E-state index contributed by atoms with van der Waals surface area (Å²) < 4.78 is 8.68. The van der Waals surface area contributed by atoms with Gasteiger partial charge in [0.05, 0.1) is 16.7 Å². The average Bonchev–Trinajstić information content (AvgIpc) is 3.39. The Hall–Kier alpha value is -5.74. The highest BCUT2D eigenvalue weighted by molar-refractivity contribution is 6.09. The highest BCUT2D eigenvalue weighted by Crippen LogP contribution is 2.36. The Bertz CT molecular complexity index is 2230. The molecule has 0 bridgehead atoms. The summed E-state index contributed by atoms with van der Waals surface area (Å²) in [7, 11) is 0. The molecule has 5 aromatic carbocycles. The Kier molecular flexibility index (Phi) is 5.75. The number of para-hydroxylation sites is 1. The SMILES string of the molecule is c1ccc(-c2ccnc(-n3c4ccccc4c4ccc(Oc5cccc(-c6cc7ccccc7cn6)c5)cc43)c2)cc1. The van der Waals surface area contributed by atoms with Crippen LogP contribution in [0.2, 0.25) is 0 Å². The monoisotopic (exact) mass is 539 g/mol. The van der Waals surface area contributed by atoms with E-state index in [1.807, 2.05) is 48.8 Å². The molecule has 0 saturated carbocycles. The van der Waals surface area contributed by atoms with E-state index in [4.69, 9.17) is 14.7 Å². The molecule has 4 nitrogen and oxygen atoms in total. The molecule has 0 radical (unpaired) electrons. The summed E-state index contributed by atoms with van der Waals surface area (Å²) in [5, 5.41) is 4.62. The molecule has 198 valence electrons. The number of hydrogen-bond acceptors (Lipinski definition) is 3. The van der Waals surface area contributed by atoms with Gasteiger partial charge in [-0.05, 0) is 65.0 Å². The Balaban J connectivity index is 1.21. The molecule has 0 saturated heterocycles. The van der Waals surface area contributed by atoms with E-state index in [-0.39, 0.29) is 0 Å². The van der Waals surface area contributed by atoms with E-state index in [0.29, 0.717) is 0 Å². The van der Waals surface area contributed by atoms with Gasteiger partial charge >= 0.3 is 0 Å². The summed E-state index contributed by atoms with van der Waals surface area (Å²) >= 11 is 0. The summed E-state index contributed by atoms with van der Waals surface area (Å²) in [6.07, 6.45) is 3.80. The van der Waals surface area contributed by atoms with Crippen molar-refractivity contribution >= 4 is 32.6 Å². The molecule has 0 amide bonds. The van der Waals surface area contributed by atoms with Crippen LogP contribution in [0.5, 0.6) is 11.5 Å². The quantitative estimate of drug-likeness (QED) is 0.218. The van der Waals surface area contributed by atoms with Crippen LogP contribution in [0.25, 0.3) is 60.8 Å². The highest BCUT2D eigenvalue weighted by Gasteiger charge is 2.15. The third-order valence-corrected chi connectivity index (χ3v) is 7.72. The van der Waals surface area contributed by atoms with Gasteiger partial charge in [0.1, 0.15) is 17.3 Å². The number of rotatable bonds is 5. The van der Waals surface area contributed by atoms with Crippen LogP contribution in [0, 0.1) is 0 Å². The van der Waals surface area contributed by atoms with Crippen molar-refractivity contribution in [3.05, 3.63) is 152 Å². The molecule has 8 rings (SSSR count). The summed E-state index contributed by atoms with van der Waals surface area (Å²) in [5.74, 6) is 2.38.